The smallest absolute Gasteiger partial charge is 0.0278 e. The lowest BCUT2D eigenvalue weighted by molar-refractivity contribution is 0.0627. The Morgan fingerprint density at radius 2 is 2.06 bits per heavy atom. The van der Waals surface area contributed by atoms with Gasteiger partial charge in [0.05, 0.1) is 0 Å². The molecular formula is C14H30N2. The zero-order valence-corrected chi connectivity index (χ0v) is 11.8. The Balaban J connectivity index is 2.40. The van der Waals surface area contributed by atoms with Crippen molar-refractivity contribution in [3.8, 4) is 0 Å². The molecule has 1 N–H and O–H groups in total. The molecule has 0 bridgehead atoms. The van der Waals surface area contributed by atoms with Crippen LogP contribution in [0.3, 0.4) is 0 Å². The van der Waals surface area contributed by atoms with Gasteiger partial charge in [0.1, 0.15) is 0 Å². The molecule has 2 heteroatoms. The molecular weight excluding hydrogens is 196 g/mol. The number of piperazine rings is 1. The van der Waals surface area contributed by atoms with E-state index in [0.29, 0.717) is 11.6 Å². The van der Waals surface area contributed by atoms with E-state index in [1.165, 1.54) is 32.4 Å². The molecule has 1 fully saturated rings. The SMILES string of the molecule is CCC1CN(CCCC(C)C)C(C)(C)CN1. The number of hydrogen-bond donors (Lipinski definition) is 1. The molecule has 1 aliphatic rings. The van der Waals surface area contributed by atoms with Crippen LogP contribution in [0.5, 0.6) is 0 Å². The molecule has 0 aromatic heterocycles. The van der Waals surface area contributed by atoms with Crippen LogP contribution in [0.1, 0.15) is 53.9 Å². The van der Waals surface area contributed by atoms with Crippen LogP contribution in [-0.4, -0.2) is 36.1 Å². The Morgan fingerprint density at radius 1 is 1.38 bits per heavy atom. The first-order chi connectivity index (χ1) is 7.45. The van der Waals surface area contributed by atoms with Gasteiger partial charge in [-0.1, -0.05) is 20.8 Å². The van der Waals surface area contributed by atoms with Gasteiger partial charge in [0.2, 0.25) is 0 Å². The molecule has 0 aromatic rings. The maximum atomic E-state index is 3.65. The highest BCUT2D eigenvalue weighted by atomic mass is 15.3. The third-order valence-electron chi connectivity index (χ3n) is 3.82. The van der Waals surface area contributed by atoms with Gasteiger partial charge >= 0.3 is 0 Å². The summed E-state index contributed by atoms with van der Waals surface area (Å²) in [6.45, 7) is 15.3. The van der Waals surface area contributed by atoms with Crippen molar-refractivity contribution < 1.29 is 0 Å². The second-order valence-electron chi connectivity index (χ2n) is 6.28. The van der Waals surface area contributed by atoms with Crippen molar-refractivity contribution in [2.24, 2.45) is 5.92 Å². The Morgan fingerprint density at radius 3 is 2.62 bits per heavy atom. The lowest BCUT2D eigenvalue weighted by Gasteiger charge is -2.46. The van der Waals surface area contributed by atoms with E-state index in [4.69, 9.17) is 0 Å². The van der Waals surface area contributed by atoms with Gasteiger partial charge in [-0.25, -0.2) is 0 Å². The van der Waals surface area contributed by atoms with E-state index < -0.39 is 0 Å². The molecule has 0 radical (unpaired) electrons. The molecule has 0 spiro atoms. The van der Waals surface area contributed by atoms with Crippen molar-refractivity contribution in [3.05, 3.63) is 0 Å². The summed E-state index contributed by atoms with van der Waals surface area (Å²) in [4.78, 5) is 2.68. The van der Waals surface area contributed by atoms with Crippen molar-refractivity contribution in [1.82, 2.24) is 10.2 Å². The lowest BCUT2D eigenvalue weighted by atomic mass is 9.95. The van der Waals surface area contributed by atoms with Crippen LogP contribution in [0.4, 0.5) is 0 Å². The van der Waals surface area contributed by atoms with Gasteiger partial charge in [0.15, 0.2) is 0 Å². The fraction of sp³-hybridized carbons (Fsp3) is 1.00. The summed E-state index contributed by atoms with van der Waals surface area (Å²) < 4.78 is 0. The molecule has 2 nitrogen and oxygen atoms in total. The van der Waals surface area contributed by atoms with E-state index in [9.17, 15) is 0 Å². The fourth-order valence-corrected chi connectivity index (χ4v) is 2.44. The normalized spacial score (nSPS) is 26.2. The van der Waals surface area contributed by atoms with Gasteiger partial charge in [-0.3, -0.25) is 4.90 Å². The van der Waals surface area contributed by atoms with Gasteiger partial charge in [-0.05, 0) is 45.6 Å². The maximum Gasteiger partial charge on any atom is 0.0278 e. The third kappa shape index (κ3) is 4.06. The first-order valence-corrected chi connectivity index (χ1v) is 6.94. The Bertz CT molecular complexity index is 199. The number of hydrogen-bond acceptors (Lipinski definition) is 2. The molecule has 96 valence electrons. The molecule has 16 heavy (non-hydrogen) atoms. The number of nitrogens with zero attached hydrogens (tertiary/aromatic N) is 1. The summed E-state index contributed by atoms with van der Waals surface area (Å²) in [5.74, 6) is 0.841. The fourth-order valence-electron chi connectivity index (χ4n) is 2.44. The summed E-state index contributed by atoms with van der Waals surface area (Å²) in [7, 11) is 0. The van der Waals surface area contributed by atoms with E-state index in [0.717, 1.165) is 12.5 Å². The molecule has 1 unspecified atom stereocenters. The summed E-state index contributed by atoms with van der Waals surface area (Å²) in [6.07, 6.45) is 3.95. The van der Waals surface area contributed by atoms with E-state index in [2.05, 4.69) is 44.8 Å². The minimum absolute atomic E-state index is 0.336. The number of rotatable bonds is 5. The van der Waals surface area contributed by atoms with Gasteiger partial charge in [0, 0.05) is 24.7 Å². The van der Waals surface area contributed by atoms with Crippen LogP contribution in [0.25, 0.3) is 0 Å². The summed E-state index contributed by atoms with van der Waals surface area (Å²) in [5, 5.41) is 3.65. The van der Waals surface area contributed by atoms with Gasteiger partial charge < -0.3 is 5.32 Å². The standard InChI is InChI=1S/C14H30N2/c1-6-13-10-16(9-7-8-12(2)3)14(4,5)11-15-13/h12-13,15H,6-11H2,1-5H3. The van der Waals surface area contributed by atoms with Crippen LogP contribution in [0.2, 0.25) is 0 Å². The maximum absolute atomic E-state index is 3.65. The predicted octanol–water partition coefficient (Wildman–Crippen LogP) is 2.89. The first kappa shape index (κ1) is 14.0. The monoisotopic (exact) mass is 226 g/mol. The highest BCUT2D eigenvalue weighted by Crippen LogP contribution is 2.20. The summed E-state index contributed by atoms with van der Waals surface area (Å²) in [6, 6.07) is 0.701. The van der Waals surface area contributed by atoms with Crippen molar-refractivity contribution in [3.63, 3.8) is 0 Å². The molecule has 0 aliphatic carbocycles. The highest BCUT2D eigenvalue weighted by molar-refractivity contribution is 4.92. The van der Waals surface area contributed by atoms with Crippen molar-refractivity contribution in [1.29, 1.82) is 0 Å². The largest absolute Gasteiger partial charge is 0.311 e. The zero-order valence-electron chi connectivity index (χ0n) is 11.8. The molecule has 0 saturated carbocycles. The van der Waals surface area contributed by atoms with Gasteiger partial charge in [-0.15, -0.1) is 0 Å². The molecule has 1 rings (SSSR count). The third-order valence-corrected chi connectivity index (χ3v) is 3.82. The molecule has 1 atom stereocenters. The van der Waals surface area contributed by atoms with Crippen molar-refractivity contribution in [2.75, 3.05) is 19.6 Å². The summed E-state index contributed by atoms with van der Waals surface area (Å²) in [5.41, 5.74) is 0.336. The second-order valence-corrected chi connectivity index (χ2v) is 6.28. The van der Waals surface area contributed by atoms with Crippen LogP contribution >= 0.6 is 0 Å². The van der Waals surface area contributed by atoms with E-state index >= 15 is 0 Å². The van der Waals surface area contributed by atoms with E-state index in [1.807, 2.05) is 0 Å². The number of nitrogens with one attached hydrogen (secondary N) is 1. The van der Waals surface area contributed by atoms with Crippen molar-refractivity contribution in [2.45, 2.75) is 65.5 Å². The van der Waals surface area contributed by atoms with Crippen LogP contribution in [-0.2, 0) is 0 Å². The Kier molecular flexibility index (Phi) is 5.26. The minimum Gasteiger partial charge on any atom is -0.311 e. The Labute approximate surface area is 102 Å². The molecule has 1 aliphatic heterocycles. The average molecular weight is 226 g/mol. The van der Waals surface area contributed by atoms with E-state index in [-0.39, 0.29) is 0 Å². The van der Waals surface area contributed by atoms with E-state index in [1.54, 1.807) is 0 Å². The van der Waals surface area contributed by atoms with Crippen LogP contribution < -0.4 is 5.32 Å². The van der Waals surface area contributed by atoms with Crippen molar-refractivity contribution >= 4 is 0 Å². The quantitative estimate of drug-likeness (QED) is 0.775. The first-order valence-electron chi connectivity index (χ1n) is 6.94. The predicted molar refractivity (Wildman–Crippen MR) is 71.8 cm³/mol. The Hall–Kier alpha value is -0.0800. The topological polar surface area (TPSA) is 15.3 Å². The van der Waals surface area contributed by atoms with Gasteiger partial charge in [0.25, 0.3) is 0 Å². The van der Waals surface area contributed by atoms with Gasteiger partial charge in [-0.2, -0.15) is 0 Å². The van der Waals surface area contributed by atoms with Crippen LogP contribution in [0.15, 0.2) is 0 Å². The minimum atomic E-state index is 0.336. The highest BCUT2D eigenvalue weighted by Gasteiger charge is 2.32. The zero-order chi connectivity index (χ0) is 12.2. The lowest BCUT2D eigenvalue weighted by Crippen LogP contribution is -2.61. The second kappa shape index (κ2) is 6.02. The molecule has 1 heterocycles. The van der Waals surface area contributed by atoms with Crippen LogP contribution in [0, 0.1) is 5.92 Å². The average Bonchev–Trinajstić information content (AvgIpc) is 2.20. The molecule has 0 amide bonds. The summed E-state index contributed by atoms with van der Waals surface area (Å²) >= 11 is 0. The molecule has 0 aromatic carbocycles. The molecule has 1 saturated heterocycles.